The third-order valence-electron chi connectivity index (χ3n) is 10.6. The molecule has 0 aromatic heterocycles. The Balaban J connectivity index is 1.74. The highest BCUT2D eigenvalue weighted by atomic mass is 16.6. The van der Waals surface area contributed by atoms with E-state index in [-0.39, 0.29) is 48.9 Å². The fourth-order valence-electron chi connectivity index (χ4n) is 6.87. The standard InChI is InChI=1S/C38H64N2O9/c1-9-20-39-21-13-22-40(24-23-39)36(43)48-32-18-17-28(5)33(49-35(42)30(41)16-12-19-37(32,7)46-8)27(4)15-11-14-26(3)25-31-34(47-31)29(6)38(44,45)10-2/h11,14-15,17-18,26,28-34,41,44-45H,9-10,12-13,16,19-25H2,1-8H3/b14-11+,18-17+,27-15+. The minimum Gasteiger partial charge on any atom is -0.455 e. The zero-order chi connectivity index (χ0) is 36.4. The number of allylic oxidation sites excluding steroid dienone is 3. The van der Waals surface area contributed by atoms with Crippen LogP contribution in [0.15, 0.2) is 36.0 Å². The van der Waals surface area contributed by atoms with Crippen molar-refractivity contribution >= 4 is 12.1 Å². The molecular formula is C38H64N2O9. The Morgan fingerprint density at radius 3 is 2.57 bits per heavy atom. The van der Waals surface area contributed by atoms with Gasteiger partial charge < -0.3 is 44.1 Å². The summed E-state index contributed by atoms with van der Waals surface area (Å²) in [4.78, 5) is 30.7. The summed E-state index contributed by atoms with van der Waals surface area (Å²) < 4.78 is 23.8. The van der Waals surface area contributed by atoms with Gasteiger partial charge in [0.15, 0.2) is 18.0 Å². The lowest BCUT2D eigenvalue weighted by molar-refractivity contribution is -0.201. The quantitative estimate of drug-likeness (QED) is 0.0843. The van der Waals surface area contributed by atoms with E-state index >= 15 is 0 Å². The van der Waals surface area contributed by atoms with Crippen LogP contribution >= 0.6 is 0 Å². The fraction of sp³-hybridized carbons (Fsp3) is 0.789. The highest BCUT2D eigenvalue weighted by molar-refractivity contribution is 5.74. The van der Waals surface area contributed by atoms with Gasteiger partial charge in [0, 0.05) is 38.6 Å². The average Bonchev–Trinajstić information content (AvgIpc) is 3.87. The Morgan fingerprint density at radius 2 is 1.90 bits per heavy atom. The lowest BCUT2D eigenvalue weighted by Crippen LogP contribution is -2.46. The molecule has 9 unspecified atom stereocenters. The van der Waals surface area contributed by atoms with Gasteiger partial charge in [0.05, 0.1) is 12.2 Å². The number of epoxide rings is 1. The third-order valence-corrected chi connectivity index (χ3v) is 10.6. The van der Waals surface area contributed by atoms with E-state index in [0.29, 0.717) is 25.9 Å². The summed E-state index contributed by atoms with van der Waals surface area (Å²) in [6, 6.07) is 0. The van der Waals surface area contributed by atoms with Crippen LogP contribution in [0.2, 0.25) is 0 Å². The number of hydrogen-bond donors (Lipinski definition) is 3. The SMILES string of the molecule is CCCN1CCCN(C(=O)OC2/C=C/C(C)C(/C(C)=C/C=C/C(C)CC3OC3C(C)C(O)(O)CC)OC(=O)C(O)CCCC2(C)OC)CC1. The smallest absolute Gasteiger partial charge is 0.410 e. The molecule has 49 heavy (non-hydrogen) atoms. The molecule has 0 aromatic carbocycles. The molecular weight excluding hydrogens is 628 g/mol. The first-order valence-electron chi connectivity index (χ1n) is 18.4. The van der Waals surface area contributed by atoms with Gasteiger partial charge in [0.1, 0.15) is 11.7 Å². The van der Waals surface area contributed by atoms with Gasteiger partial charge >= 0.3 is 12.1 Å². The first kappa shape index (κ1) is 41.1. The van der Waals surface area contributed by atoms with Gasteiger partial charge in [-0.2, -0.15) is 0 Å². The second kappa shape index (κ2) is 18.8. The Labute approximate surface area is 294 Å². The van der Waals surface area contributed by atoms with Crippen LogP contribution in [-0.2, 0) is 23.7 Å². The fourth-order valence-corrected chi connectivity index (χ4v) is 6.87. The second-order valence-electron chi connectivity index (χ2n) is 14.7. The number of amides is 1. The molecule has 3 heterocycles. The Morgan fingerprint density at radius 1 is 1.16 bits per heavy atom. The Bertz CT molecular complexity index is 1160. The molecule has 11 heteroatoms. The summed E-state index contributed by atoms with van der Waals surface area (Å²) in [7, 11) is 1.60. The number of esters is 1. The van der Waals surface area contributed by atoms with Crippen LogP contribution in [0.3, 0.4) is 0 Å². The van der Waals surface area contributed by atoms with E-state index < -0.39 is 35.7 Å². The minimum atomic E-state index is -1.74. The van der Waals surface area contributed by atoms with Gasteiger partial charge in [-0.05, 0) is 89.4 Å². The molecule has 0 spiro atoms. The van der Waals surface area contributed by atoms with Crippen LogP contribution < -0.4 is 0 Å². The molecule has 2 saturated heterocycles. The highest BCUT2D eigenvalue weighted by Crippen LogP contribution is 2.39. The zero-order valence-corrected chi connectivity index (χ0v) is 31.2. The molecule has 0 radical (unpaired) electrons. The monoisotopic (exact) mass is 692 g/mol. The highest BCUT2D eigenvalue weighted by Gasteiger charge is 2.49. The predicted molar refractivity (Wildman–Crippen MR) is 189 cm³/mol. The van der Waals surface area contributed by atoms with E-state index in [0.717, 1.165) is 44.5 Å². The number of carbonyl (C=O) groups excluding carboxylic acids is 2. The zero-order valence-electron chi connectivity index (χ0n) is 31.2. The molecule has 3 N–H and O–H groups in total. The predicted octanol–water partition coefficient (Wildman–Crippen LogP) is 4.99. The summed E-state index contributed by atoms with van der Waals surface area (Å²) in [5, 5.41) is 31.1. The average molecular weight is 693 g/mol. The molecule has 3 aliphatic heterocycles. The number of cyclic esters (lactones) is 1. The van der Waals surface area contributed by atoms with Crippen LogP contribution in [-0.4, -0.2) is 119 Å². The van der Waals surface area contributed by atoms with Crippen molar-refractivity contribution in [2.75, 3.05) is 39.8 Å². The lowest BCUT2D eigenvalue weighted by atomic mass is 9.88. The van der Waals surface area contributed by atoms with E-state index in [1.165, 1.54) is 0 Å². The molecule has 3 aliphatic rings. The van der Waals surface area contributed by atoms with Gasteiger partial charge in [-0.1, -0.05) is 58.9 Å². The minimum absolute atomic E-state index is 0.0289. The van der Waals surface area contributed by atoms with Crippen LogP contribution in [0.5, 0.6) is 0 Å². The molecule has 1 amide bonds. The van der Waals surface area contributed by atoms with E-state index in [9.17, 15) is 24.9 Å². The second-order valence-corrected chi connectivity index (χ2v) is 14.7. The van der Waals surface area contributed by atoms with Gasteiger partial charge in [-0.25, -0.2) is 9.59 Å². The number of hydrogen-bond acceptors (Lipinski definition) is 10. The third kappa shape index (κ3) is 11.9. The van der Waals surface area contributed by atoms with Gasteiger partial charge in [-0.15, -0.1) is 0 Å². The van der Waals surface area contributed by atoms with Gasteiger partial charge in [0.2, 0.25) is 0 Å². The molecule has 3 rings (SSSR count). The first-order valence-corrected chi connectivity index (χ1v) is 18.4. The van der Waals surface area contributed by atoms with Gasteiger partial charge in [0.25, 0.3) is 0 Å². The summed E-state index contributed by atoms with van der Waals surface area (Å²) in [6.07, 6.45) is 10.5. The van der Waals surface area contributed by atoms with Crippen molar-refractivity contribution in [2.45, 2.75) is 135 Å². The molecule has 11 nitrogen and oxygen atoms in total. The topological polar surface area (TPSA) is 142 Å². The Hall–Kier alpha value is -2.28. The maximum atomic E-state index is 13.5. The molecule has 0 aromatic rings. The molecule has 0 saturated carbocycles. The summed E-state index contributed by atoms with van der Waals surface area (Å²) in [6.45, 7) is 17.5. The van der Waals surface area contributed by atoms with Crippen molar-refractivity contribution in [3.8, 4) is 0 Å². The van der Waals surface area contributed by atoms with Crippen molar-refractivity contribution in [2.24, 2.45) is 17.8 Å². The largest absolute Gasteiger partial charge is 0.455 e. The van der Waals surface area contributed by atoms with Crippen LogP contribution in [0, 0.1) is 17.8 Å². The Kier molecular flexibility index (Phi) is 15.8. The van der Waals surface area contributed by atoms with Crippen molar-refractivity contribution < 1.29 is 43.9 Å². The molecule has 0 aliphatic carbocycles. The van der Waals surface area contributed by atoms with Crippen LogP contribution in [0.1, 0.15) is 93.4 Å². The van der Waals surface area contributed by atoms with Crippen LogP contribution in [0.25, 0.3) is 0 Å². The molecule has 0 bridgehead atoms. The van der Waals surface area contributed by atoms with Gasteiger partial charge in [-0.3, -0.25) is 0 Å². The maximum Gasteiger partial charge on any atom is 0.410 e. The van der Waals surface area contributed by atoms with Crippen molar-refractivity contribution in [3.05, 3.63) is 36.0 Å². The van der Waals surface area contributed by atoms with Crippen molar-refractivity contribution in [3.63, 3.8) is 0 Å². The first-order chi connectivity index (χ1) is 23.1. The molecule has 9 atom stereocenters. The number of aliphatic hydroxyl groups is 3. The van der Waals surface area contributed by atoms with E-state index in [2.05, 4.69) is 18.7 Å². The number of aliphatic hydroxyl groups excluding tert-OH is 1. The summed E-state index contributed by atoms with van der Waals surface area (Å²) >= 11 is 0. The number of rotatable bonds is 12. The van der Waals surface area contributed by atoms with Crippen molar-refractivity contribution in [1.82, 2.24) is 9.80 Å². The van der Waals surface area contributed by atoms with E-state index in [4.69, 9.17) is 18.9 Å². The normalized spacial score (nSPS) is 33.2. The van der Waals surface area contributed by atoms with Crippen molar-refractivity contribution in [1.29, 1.82) is 0 Å². The molecule has 280 valence electrons. The number of ether oxygens (including phenoxy) is 4. The van der Waals surface area contributed by atoms with E-state index in [1.807, 2.05) is 51.2 Å². The summed E-state index contributed by atoms with van der Waals surface area (Å²) in [5.74, 6) is -2.93. The lowest BCUT2D eigenvalue weighted by Gasteiger charge is -2.36. The number of carbonyl (C=O) groups is 2. The molecule has 2 fully saturated rings. The van der Waals surface area contributed by atoms with Crippen LogP contribution in [0.4, 0.5) is 4.79 Å². The summed E-state index contributed by atoms with van der Waals surface area (Å²) in [5.41, 5.74) is -0.0763. The number of nitrogens with zero attached hydrogens (tertiary/aromatic N) is 2. The van der Waals surface area contributed by atoms with E-state index in [1.54, 1.807) is 25.9 Å². The maximum absolute atomic E-state index is 13.5. The number of methoxy groups -OCH3 is 1.